The van der Waals surface area contributed by atoms with Gasteiger partial charge in [-0.2, -0.15) is 0 Å². The average molecular weight is 215 g/mol. The van der Waals surface area contributed by atoms with E-state index < -0.39 is 13.6 Å². The zero-order valence-corrected chi connectivity index (χ0v) is 7.51. The minimum Gasteiger partial charge on any atom is -0.418 e. The van der Waals surface area contributed by atoms with Crippen LogP contribution >= 0.6 is 0 Å². The minimum atomic E-state index is -6.00. The molecule has 0 spiro atoms. The molecule has 0 N–H and O–H groups in total. The van der Waals surface area contributed by atoms with E-state index in [1.54, 1.807) is 17.2 Å². The molecule has 0 fully saturated rings. The van der Waals surface area contributed by atoms with Crippen LogP contribution in [-0.2, 0) is 0 Å². The Morgan fingerprint density at radius 2 is 1.79 bits per heavy atom. The smallest absolute Gasteiger partial charge is 0.418 e. The second-order valence-corrected chi connectivity index (χ2v) is 2.42. The van der Waals surface area contributed by atoms with Crippen molar-refractivity contribution in [3.8, 4) is 0 Å². The van der Waals surface area contributed by atoms with Crippen molar-refractivity contribution in [2.75, 3.05) is 6.54 Å². The fourth-order valence-corrected chi connectivity index (χ4v) is 0.789. The van der Waals surface area contributed by atoms with Gasteiger partial charge in [0, 0.05) is 12.7 Å². The molecular weight excluding hydrogens is 204 g/mol. The summed E-state index contributed by atoms with van der Waals surface area (Å²) >= 11 is 0. The van der Waals surface area contributed by atoms with E-state index in [2.05, 4.69) is 0 Å². The highest BCUT2D eigenvalue weighted by Gasteiger charge is 2.20. The molecule has 14 heavy (non-hydrogen) atoms. The average Bonchev–Trinajstić information content (AvgIpc) is 2.02. The molecular formula is C7H11BF5N. The Kier molecular flexibility index (Phi) is 5.26. The topological polar surface area (TPSA) is 3.24 Å². The van der Waals surface area contributed by atoms with E-state index >= 15 is 0 Å². The molecule has 0 aliphatic carbocycles. The lowest BCUT2D eigenvalue weighted by Crippen LogP contribution is -2.25. The number of nitrogens with zero attached hydrogens (tertiary/aromatic N) is 1. The van der Waals surface area contributed by atoms with Gasteiger partial charge < -0.3 is 22.2 Å². The Morgan fingerprint density at radius 3 is 2.07 bits per heavy atom. The van der Waals surface area contributed by atoms with Crippen LogP contribution in [0, 0.1) is 0 Å². The van der Waals surface area contributed by atoms with Crippen molar-refractivity contribution in [2.24, 2.45) is 0 Å². The first kappa shape index (κ1) is 13.0. The molecule has 0 bridgehead atoms. The Morgan fingerprint density at radius 1 is 1.29 bits per heavy atom. The van der Waals surface area contributed by atoms with Crippen LogP contribution in [0.25, 0.3) is 0 Å². The van der Waals surface area contributed by atoms with Crippen molar-refractivity contribution in [3.63, 3.8) is 0 Å². The monoisotopic (exact) mass is 215 g/mol. The summed E-state index contributed by atoms with van der Waals surface area (Å²) in [6.45, 7) is 2.65. The molecule has 1 rings (SSSR count). The molecule has 0 aromatic heterocycles. The Labute approximate surface area is 80.5 Å². The molecule has 0 saturated carbocycles. The van der Waals surface area contributed by atoms with Gasteiger partial charge in [0.2, 0.25) is 0 Å². The first-order valence-corrected chi connectivity index (χ1v) is 3.96. The Hall–Kier alpha value is -1.01. The maximum atomic E-state index is 12.6. The third-order valence-corrected chi connectivity index (χ3v) is 1.34. The summed E-state index contributed by atoms with van der Waals surface area (Å²) in [4.78, 5) is 1.62. The largest absolute Gasteiger partial charge is 1.00 e. The van der Waals surface area contributed by atoms with Gasteiger partial charge in [0.05, 0.1) is 0 Å². The lowest BCUT2D eigenvalue weighted by molar-refractivity contribution is 0.182. The van der Waals surface area contributed by atoms with E-state index in [0.29, 0.717) is 0 Å². The zero-order valence-electron chi connectivity index (χ0n) is 8.51. The van der Waals surface area contributed by atoms with Gasteiger partial charge in [0.15, 0.2) is 6.30 Å². The summed E-state index contributed by atoms with van der Waals surface area (Å²) in [7, 11) is -6.00. The fraction of sp³-hybridized carbons (Fsp3) is 0.429. The lowest BCUT2D eigenvalue weighted by Gasteiger charge is -2.21. The van der Waals surface area contributed by atoms with E-state index in [4.69, 9.17) is 0 Å². The molecule has 0 aromatic carbocycles. The van der Waals surface area contributed by atoms with Crippen molar-refractivity contribution < 1.29 is 23.1 Å². The van der Waals surface area contributed by atoms with Crippen LogP contribution in [0.3, 0.4) is 0 Å². The molecule has 7 heteroatoms. The van der Waals surface area contributed by atoms with Gasteiger partial charge in [0.1, 0.15) is 0 Å². The number of hydrogen-bond donors (Lipinski definition) is 0. The normalized spacial score (nSPS) is 20.4. The molecule has 1 aliphatic heterocycles. The zero-order chi connectivity index (χ0) is 11.2. The van der Waals surface area contributed by atoms with Gasteiger partial charge >= 0.3 is 8.68 Å². The summed E-state index contributed by atoms with van der Waals surface area (Å²) < 4.78 is 51.6. The number of rotatable bonds is 1. The molecule has 1 aliphatic rings. The molecule has 1 unspecified atom stereocenters. The Bertz CT molecular complexity index is 212. The summed E-state index contributed by atoms with van der Waals surface area (Å²) in [5.41, 5.74) is 0. The van der Waals surface area contributed by atoms with Gasteiger partial charge in [-0.05, 0) is 19.1 Å². The molecule has 82 valence electrons. The number of likely N-dealkylation sites (N-methyl/N-ethyl adjacent to an activating group) is 1. The first-order valence-electron chi connectivity index (χ1n) is 3.96. The van der Waals surface area contributed by atoms with Crippen LogP contribution in [0.2, 0.25) is 0 Å². The molecule has 0 radical (unpaired) electrons. The highest BCUT2D eigenvalue weighted by molar-refractivity contribution is 6.50. The SMILES string of the molecule is CCN1C=CC=CC1F.F[B-](F)(F)F.[H+]. The van der Waals surface area contributed by atoms with Gasteiger partial charge in [-0.1, -0.05) is 6.08 Å². The second kappa shape index (κ2) is 5.67. The third kappa shape index (κ3) is 7.63. The Balaban J connectivity index is 0. The maximum absolute atomic E-state index is 12.6. The summed E-state index contributed by atoms with van der Waals surface area (Å²) in [5, 5.41) is 0. The molecule has 1 atom stereocenters. The fourth-order valence-electron chi connectivity index (χ4n) is 0.789. The maximum Gasteiger partial charge on any atom is 1.00 e. The van der Waals surface area contributed by atoms with Crippen LogP contribution in [0.5, 0.6) is 0 Å². The first-order chi connectivity index (χ1) is 6.34. The molecule has 1 heterocycles. The van der Waals surface area contributed by atoms with Gasteiger partial charge in [-0.25, -0.2) is 4.39 Å². The molecule has 0 saturated heterocycles. The highest BCUT2D eigenvalue weighted by Crippen LogP contribution is 2.07. The van der Waals surface area contributed by atoms with Crippen molar-refractivity contribution in [1.82, 2.24) is 4.90 Å². The number of halogens is 5. The molecule has 1 nitrogen and oxygen atoms in total. The predicted octanol–water partition coefficient (Wildman–Crippen LogP) is 3.10. The summed E-state index contributed by atoms with van der Waals surface area (Å²) in [6.07, 6.45) is 5.92. The van der Waals surface area contributed by atoms with Crippen LogP contribution in [0.4, 0.5) is 21.7 Å². The minimum absolute atomic E-state index is 0. The van der Waals surface area contributed by atoms with E-state index in [9.17, 15) is 21.7 Å². The quantitative estimate of drug-likeness (QED) is 0.369. The predicted molar refractivity (Wildman–Crippen MR) is 46.9 cm³/mol. The lowest BCUT2D eigenvalue weighted by atomic mass is 10.3. The second-order valence-electron chi connectivity index (χ2n) is 2.42. The van der Waals surface area contributed by atoms with Crippen molar-refractivity contribution in [1.29, 1.82) is 0 Å². The van der Waals surface area contributed by atoms with E-state index in [0.717, 1.165) is 6.54 Å². The van der Waals surface area contributed by atoms with Gasteiger partial charge in [-0.15, -0.1) is 0 Å². The van der Waals surface area contributed by atoms with E-state index in [-0.39, 0.29) is 1.43 Å². The van der Waals surface area contributed by atoms with Crippen LogP contribution < -0.4 is 0 Å². The summed E-state index contributed by atoms with van der Waals surface area (Å²) in [6, 6.07) is 0. The number of hydrogen-bond acceptors (Lipinski definition) is 1. The van der Waals surface area contributed by atoms with Crippen LogP contribution in [-0.4, -0.2) is 25.0 Å². The van der Waals surface area contributed by atoms with E-state index in [1.165, 1.54) is 6.08 Å². The van der Waals surface area contributed by atoms with Crippen LogP contribution in [0.15, 0.2) is 24.4 Å². The van der Waals surface area contributed by atoms with Crippen molar-refractivity contribution >= 4 is 7.25 Å². The number of alkyl halides is 1. The van der Waals surface area contributed by atoms with E-state index in [1.807, 2.05) is 13.0 Å². The molecule has 0 aromatic rings. The van der Waals surface area contributed by atoms with Crippen LogP contribution in [0.1, 0.15) is 8.35 Å². The third-order valence-electron chi connectivity index (χ3n) is 1.34. The van der Waals surface area contributed by atoms with Crippen molar-refractivity contribution in [2.45, 2.75) is 13.2 Å². The van der Waals surface area contributed by atoms with Gasteiger partial charge in [-0.3, -0.25) is 0 Å². The van der Waals surface area contributed by atoms with Gasteiger partial charge in [0.25, 0.3) is 0 Å². The molecule has 0 amide bonds. The van der Waals surface area contributed by atoms with Crippen molar-refractivity contribution in [3.05, 3.63) is 24.4 Å². The number of allylic oxidation sites excluding steroid dienone is 2. The standard InChI is InChI=1S/C7H10FN.BF4/c1-2-9-6-4-3-5-7(9)8;2-1(3,4)5/h3-7H,2H2,1H3;/q;-1/p+1. The highest BCUT2D eigenvalue weighted by atomic mass is 19.5. The summed E-state index contributed by atoms with van der Waals surface area (Å²) in [5.74, 6) is 0.